The summed E-state index contributed by atoms with van der Waals surface area (Å²) in [7, 11) is 1.71. The van der Waals surface area contributed by atoms with E-state index in [1.165, 1.54) is 0 Å². The van der Waals surface area contributed by atoms with Crippen molar-refractivity contribution in [2.24, 2.45) is 0 Å². The van der Waals surface area contributed by atoms with Crippen LogP contribution < -0.4 is 5.32 Å². The minimum absolute atomic E-state index is 0.181. The number of ether oxygens (including phenoxy) is 2. The number of hydrogen-bond acceptors (Lipinski definition) is 3. The van der Waals surface area contributed by atoms with Gasteiger partial charge in [-0.3, -0.25) is 0 Å². The summed E-state index contributed by atoms with van der Waals surface area (Å²) in [5, 5.41) is 3.41. The van der Waals surface area contributed by atoms with Crippen molar-refractivity contribution in [2.75, 3.05) is 20.3 Å². The van der Waals surface area contributed by atoms with Crippen molar-refractivity contribution >= 4 is 0 Å². The molecule has 2 atom stereocenters. The highest BCUT2D eigenvalue weighted by atomic mass is 16.5. The lowest BCUT2D eigenvalue weighted by Gasteiger charge is -2.23. The van der Waals surface area contributed by atoms with Crippen LogP contribution in [0, 0.1) is 0 Å². The Labute approximate surface area is 94.5 Å². The molecule has 0 aromatic heterocycles. The summed E-state index contributed by atoms with van der Waals surface area (Å²) in [5.74, 6) is 0. The van der Waals surface area contributed by atoms with Gasteiger partial charge in [0, 0.05) is 19.7 Å². The lowest BCUT2D eigenvalue weighted by atomic mass is 10.2. The van der Waals surface area contributed by atoms with Crippen molar-refractivity contribution in [1.29, 1.82) is 0 Å². The third-order valence-corrected chi connectivity index (χ3v) is 2.19. The maximum atomic E-state index is 5.89. The van der Waals surface area contributed by atoms with Gasteiger partial charge in [0.2, 0.25) is 0 Å². The second-order valence-corrected chi connectivity index (χ2v) is 4.38. The molecule has 1 N–H and O–H groups in total. The molecule has 3 heteroatoms. The maximum Gasteiger partial charge on any atom is 0.0784 e. The van der Waals surface area contributed by atoms with Crippen LogP contribution in [0.2, 0.25) is 0 Å². The molecule has 15 heavy (non-hydrogen) atoms. The van der Waals surface area contributed by atoms with Crippen LogP contribution in [-0.4, -0.2) is 38.5 Å². The Kier molecular flexibility index (Phi) is 9.06. The molecule has 0 spiro atoms. The summed E-state index contributed by atoms with van der Waals surface area (Å²) in [5.41, 5.74) is 0. The first-order valence-corrected chi connectivity index (χ1v) is 5.97. The fourth-order valence-corrected chi connectivity index (χ4v) is 1.51. The third kappa shape index (κ3) is 8.85. The van der Waals surface area contributed by atoms with E-state index in [2.05, 4.69) is 33.0 Å². The molecule has 0 aliphatic carbocycles. The molecule has 0 heterocycles. The van der Waals surface area contributed by atoms with Crippen LogP contribution >= 0.6 is 0 Å². The fraction of sp³-hybridized carbons (Fsp3) is 1.00. The van der Waals surface area contributed by atoms with Crippen molar-refractivity contribution in [3.05, 3.63) is 0 Å². The number of hydrogen-bond donors (Lipinski definition) is 1. The van der Waals surface area contributed by atoms with E-state index in [0.717, 1.165) is 19.4 Å². The Bertz CT molecular complexity index is 140. The Morgan fingerprint density at radius 3 is 2.33 bits per heavy atom. The molecule has 0 aromatic carbocycles. The van der Waals surface area contributed by atoms with E-state index in [9.17, 15) is 0 Å². The summed E-state index contributed by atoms with van der Waals surface area (Å²) in [6.07, 6.45) is 2.75. The lowest BCUT2D eigenvalue weighted by molar-refractivity contribution is -0.0414. The molecule has 2 unspecified atom stereocenters. The highest BCUT2D eigenvalue weighted by Crippen LogP contribution is 2.05. The van der Waals surface area contributed by atoms with Gasteiger partial charge < -0.3 is 14.8 Å². The summed E-state index contributed by atoms with van der Waals surface area (Å²) >= 11 is 0. The molecule has 0 amide bonds. The largest absolute Gasteiger partial charge is 0.382 e. The zero-order valence-corrected chi connectivity index (χ0v) is 10.9. The Morgan fingerprint density at radius 2 is 1.87 bits per heavy atom. The molecule has 0 bridgehead atoms. The molecular weight excluding hydrogens is 190 g/mol. The van der Waals surface area contributed by atoms with Crippen LogP contribution in [0.25, 0.3) is 0 Å². The molecule has 0 radical (unpaired) electrons. The van der Waals surface area contributed by atoms with Crippen LogP contribution in [0.15, 0.2) is 0 Å². The average molecular weight is 217 g/mol. The third-order valence-electron chi connectivity index (χ3n) is 2.19. The Hall–Kier alpha value is -0.120. The number of nitrogens with one attached hydrogen (secondary N) is 1. The normalized spacial score (nSPS) is 15.6. The molecule has 0 saturated heterocycles. The van der Waals surface area contributed by atoms with Crippen molar-refractivity contribution < 1.29 is 9.47 Å². The molecule has 0 aromatic rings. The van der Waals surface area contributed by atoms with E-state index in [0.29, 0.717) is 18.8 Å². The van der Waals surface area contributed by atoms with Crippen LogP contribution in [0.4, 0.5) is 0 Å². The lowest BCUT2D eigenvalue weighted by Crippen LogP contribution is -2.36. The average Bonchev–Trinajstić information content (AvgIpc) is 2.15. The van der Waals surface area contributed by atoms with Crippen LogP contribution in [0.5, 0.6) is 0 Å². The summed E-state index contributed by atoms with van der Waals surface area (Å²) < 4.78 is 11.0. The smallest absolute Gasteiger partial charge is 0.0784 e. The summed E-state index contributed by atoms with van der Waals surface area (Å²) in [6, 6.07) is 0.519. The minimum Gasteiger partial charge on any atom is -0.382 e. The van der Waals surface area contributed by atoms with E-state index in [-0.39, 0.29) is 6.10 Å². The zero-order chi connectivity index (χ0) is 11.7. The van der Waals surface area contributed by atoms with Gasteiger partial charge in [-0.15, -0.1) is 0 Å². The van der Waals surface area contributed by atoms with Gasteiger partial charge >= 0.3 is 0 Å². The summed E-state index contributed by atoms with van der Waals surface area (Å²) in [4.78, 5) is 0. The standard InChI is InChI=1S/C12H27NO2/c1-6-7-12(8-13-10(2)3)15-11(4)9-14-5/h10-13H,6-9H2,1-5H3. The zero-order valence-electron chi connectivity index (χ0n) is 10.9. The van der Waals surface area contributed by atoms with E-state index in [4.69, 9.17) is 9.47 Å². The van der Waals surface area contributed by atoms with Crippen LogP contribution in [0.3, 0.4) is 0 Å². The predicted molar refractivity (Wildman–Crippen MR) is 64.3 cm³/mol. The molecule has 0 rings (SSSR count). The minimum atomic E-state index is 0.181. The van der Waals surface area contributed by atoms with Crippen LogP contribution in [-0.2, 0) is 9.47 Å². The number of rotatable bonds is 9. The molecule has 0 fully saturated rings. The van der Waals surface area contributed by atoms with Gasteiger partial charge in [0.05, 0.1) is 18.8 Å². The van der Waals surface area contributed by atoms with E-state index in [1.807, 2.05) is 0 Å². The van der Waals surface area contributed by atoms with Crippen LogP contribution in [0.1, 0.15) is 40.5 Å². The van der Waals surface area contributed by atoms with E-state index >= 15 is 0 Å². The molecular formula is C12H27NO2. The first kappa shape index (κ1) is 14.9. The van der Waals surface area contributed by atoms with Gasteiger partial charge in [-0.25, -0.2) is 0 Å². The molecule has 92 valence electrons. The summed E-state index contributed by atoms with van der Waals surface area (Å²) in [6.45, 7) is 10.2. The molecule has 0 saturated carbocycles. The number of methoxy groups -OCH3 is 1. The second kappa shape index (κ2) is 9.13. The van der Waals surface area contributed by atoms with Crippen molar-refractivity contribution in [2.45, 2.75) is 58.8 Å². The fourth-order valence-electron chi connectivity index (χ4n) is 1.51. The second-order valence-electron chi connectivity index (χ2n) is 4.38. The topological polar surface area (TPSA) is 30.5 Å². The van der Waals surface area contributed by atoms with Gasteiger partial charge in [-0.05, 0) is 13.3 Å². The monoisotopic (exact) mass is 217 g/mol. The van der Waals surface area contributed by atoms with E-state index in [1.54, 1.807) is 7.11 Å². The highest BCUT2D eigenvalue weighted by molar-refractivity contribution is 4.65. The maximum absolute atomic E-state index is 5.89. The predicted octanol–water partition coefficient (Wildman–Crippen LogP) is 2.20. The van der Waals surface area contributed by atoms with Gasteiger partial charge in [-0.2, -0.15) is 0 Å². The van der Waals surface area contributed by atoms with Crippen molar-refractivity contribution in [3.8, 4) is 0 Å². The van der Waals surface area contributed by atoms with Crippen molar-refractivity contribution in [1.82, 2.24) is 5.32 Å². The molecule has 0 aliphatic rings. The van der Waals surface area contributed by atoms with Gasteiger partial charge in [-0.1, -0.05) is 27.2 Å². The Balaban J connectivity index is 3.80. The SMILES string of the molecule is CCCC(CNC(C)C)OC(C)COC. The first-order chi connectivity index (χ1) is 7.10. The molecule has 0 aliphatic heterocycles. The first-order valence-electron chi connectivity index (χ1n) is 5.97. The quantitative estimate of drug-likeness (QED) is 0.642. The van der Waals surface area contributed by atoms with Gasteiger partial charge in [0.25, 0.3) is 0 Å². The Morgan fingerprint density at radius 1 is 1.20 bits per heavy atom. The van der Waals surface area contributed by atoms with Crippen molar-refractivity contribution in [3.63, 3.8) is 0 Å². The molecule has 3 nitrogen and oxygen atoms in total. The van der Waals surface area contributed by atoms with Gasteiger partial charge in [0.1, 0.15) is 0 Å². The van der Waals surface area contributed by atoms with E-state index < -0.39 is 0 Å². The highest BCUT2D eigenvalue weighted by Gasteiger charge is 2.12. The van der Waals surface area contributed by atoms with Gasteiger partial charge in [0.15, 0.2) is 0 Å².